The molecule has 0 aliphatic heterocycles. The van der Waals surface area contributed by atoms with E-state index in [1.54, 1.807) is 16.5 Å². The number of rotatable bonds is 2. The van der Waals surface area contributed by atoms with Gasteiger partial charge in [0.2, 0.25) is 0 Å². The topological polar surface area (TPSA) is 9.86 Å². The van der Waals surface area contributed by atoms with Gasteiger partial charge >= 0.3 is 169 Å². The molecule has 8 bridgehead atoms. The van der Waals surface area contributed by atoms with Crippen molar-refractivity contribution in [3.05, 3.63) is 16.0 Å². The van der Waals surface area contributed by atoms with Crippen molar-refractivity contribution in [3.63, 3.8) is 0 Å². The van der Waals surface area contributed by atoms with Crippen LogP contribution in [0.25, 0.3) is 0 Å². The fraction of sp³-hybridized carbons (Fsp3) is 0.870. The molecule has 0 saturated heterocycles. The summed E-state index contributed by atoms with van der Waals surface area (Å²) in [5, 5.41) is 0. The van der Waals surface area contributed by atoms with Crippen molar-refractivity contribution in [2.45, 2.75) is 76.3 Å². The van der Waals surface area contributed by atoms with Gasteiger partial charge in [0.1, 0.15) is 0 Å². The largest absolute Gasteiger partial charge is 1.00 e. The molecule has 8 aliphatic rings. The Labute approximate surface area is 181 Å². The fourth-order valence-electron chi connectivity index (χ4n) is 9.51. The van der Waals surface area contributed by atoms with E-state index in [9.17, 15) is 0 Å². The third-order valence-corrected chi connectivity index (χ3v) is 10.9. The molecule has 1 aromatic rings. The molecule has 8 saturated carbocycles. The molecule has 2 nitrogen and oxygen atoms in total. The van der Waals surface area contributed by atoms with E-state index < -0.39 is 0 Å². The zero-order valence-electron chi connectivity index (χ0n) is 16.1. The molecule has 4 heteroatoms. The van der Waals surface area contributed by atoms with Crippen molar-refractivity contribution >= 4 is 0 Å². The Kier molecular flexibility index (Phi) is 4.26. The van der Waals surface area contributed by atoms with E-state index in [-0.39, 0.29) is 12.4 Å². The Balaban J connectivity index is 0.00000146. The molecular formula is C23H32AuClN2. The normalized spacial score (nSPS) is 51.6. The van der Waals surface area contributed by atoms with Crippen LogP contribution in [0.2, 0.25) is 0 Å². The van der Waals surface area contributed by atoms with Gasteiger partial charge in [-0.25, -0.2) is 0 Å². The van der Waals surface area contributed by atoms with Crippen LogP contribution in [0.5, 0.6) is 0 Å². The van der Waals surface area contributed by atoms with Crippen LogP contribution in [0.1, 0.15) is 76.3 Å². The van der Waals surface area contributed by atoms with Gasteiger partial charge in [0, 0.05) is 0 Å². The number of halogens is 1. The minimum absolute atomic E-state index is 0. The van der Waals surface area contributed by atoms with Crippen LogP contribution in [-0.2, 0) is 20.6 Å². The second kappa shape index (κ2) is 6.37. The maximum atomic E-state index is 2.95. The molecule has 152 valence electrons. The van der Waals surface area contributed by atoms with E-state index in [2.05, 4.69) is 42.1 Å². The van der Waals surface area contributed by atoms with Crippen LogP contribution < -0.4 is 12.4 Å². The maximum Gasteiger partial charge on any atom is -1.00 e. The second-order valence-electron chi connectivity index (χ2n) is 11.2. The Morgan fingerprint density at radius 1 is 0.556 bits per heavy atom. The Morgan fingerprint density at radius 3 is 1.15 bits per heavy atom. The number of imidazole rings is 1. The number of hydrogen-bond donors (Lipinski definition) is 0. The molecule has 0 aromatic carbocycles. The van der Waals surface area contributed by atoms with Gasteiger partial charge in [-0.2, -0.15) is 0 Å². The second-order valence-corrected chi connectivity index (χ2v) is 12.2. The summed E-state index contributed by atoms with van der Waals surface area (Å²) in [6, 6.07) is 1.64. The monoisotopic (exact) mass is 568 g/mol. The Hall–Kier alpha value is 0.240. The summed E-state index contributed by atoms with van der Waals surface area (Å²) in [6.07, 6.45) is 20.3. The summed E-state index contributed by atoms with van der Waals surface area (Å²) in [5.74, 6) is 8.24. The minimum atomic E-state index is 0. The van der Waals surface area contributed by atoms with Gasteiger partial charge in [-0.05, 0) is 0 Å². The Bertz CT molecular complexity index is 676. The van der Waals surface area contributed by atoms with E-state index in [0.29, 0.717) is 0 Å². The average molecular weight is 569 g/mol. The molecule has 8 fully saturated rings. The van der Waals surface area contributed by atoms with Crippen LogP contribution in [0, 0.1) is 51.0 Å². The fourth-order valence-corrected chi connectivity index (χ4v) is 10.5. The van der Waals surface area contributed by atoms with Gasteiger partial charge in [0.15, 0.2) is 0 Å². The summed E-state index contributed by atoms with van der Waals surface area (Å²) < 4.78 is 7.04. The smallest absolute Gasteiger partial charge is 1.00 e. The van der Waals surface area contributed by atoms with Crippen molar-refractivity contribution in [3.8, 4) is 0 Å². The third-order valence-electron chi connectivity index (χ3n) is 9.77. The summed E-state index contributed by atoms with van der Waals surface area (Å²) in [7, 11) is 0. The molecule has 9 rings (SSSR count). The predicted molar refractivity (Wildman–Crippen MR) is 97.8 cm³/mol. The van der Waals surface area contributed by atoms with E-state index >= 15 is 0 Å². The Morgan fingerprint density at radius 2 is 0.852 bits per heavy atom. The zero-order valence-corrected chi connectivity index (χ0v) is 19.0. The van der Waals surface area contributed by atoms with Crippen molar-refractivity contribution in [1.82, 2.24) is 9.13 Å². The van der Waals surface area contributed by atoms with E-state index in [1.807, 2.05) is 0 Å². The van der Waals surface area contributed by atoms with E-state index in [4.69, 9.17) is 0 Å². The molecule has 1 aromatic heterocycles. The van der Waals surface area contributed by atoms with Crippen molar-refractivity contribution in [2.75, 3.05) is 0 Å². The molecular weight excluding hydrogens is 537 g/mol. The van der Waals surface area contributed by atoms with Gasteiger partial charge < -0.3 is 12.4 Å². The molecule has 8 aliphatic carbocycles. The molecule has 0 N–H and O–H groups in total. The first-order chi connectivity index (χ1) is 12.7. The SMILES string of the molecule is [Au+]=[c]1n(C2C3CC4CC(C3)CC2C4)ccn1C1C2CC3CC(C2)CC1C3.[Cl-]. The number of aromatic nitrogens is 2. The molecule has 0 amide bonds. The van der Waals surface area contributed by atoms with Crippen molar-refractivity contribution in [1.29, 1.82) is 0 Å². The molecule has 0 spiro atoms. The summed E-state index contributed by atoms with van der Waals surface area (Å²) in [5.41, 5.74) is 0. The van der Waals surface area contributed by atoms with Gasteiger partial charge in [0.25, 0.3) is 0 Å². The number of hydrogen-bond acceptors (Lipinski definition) is 0. The quantitative estimate of drug-likeness (QED) is 0.485. The van der Waals surface area contributed by atoms with Crippen molar-refractivity contribution < 1.29 is 33.0 Å². The van der Waals surface area contributed by atoms with Gasteiger partial charge in [-0.1, -0.05) is 0 Å². The van der Waals surface area contributed by atoms with Gasteiger partial charge in [-0.15, -0.1) is 0 Å². The molecule has 1 heterocycles. The first-order valence-electron chi connectivity index (χ1n) is 11.5. The zero-order chi connectivity index (χ0) is 17.0. The van der Waals surface area contributed by atoms with Crippen LogP contribution in [0.4, 0.5) is 0 Å². The third kappa shape index (κ3) is 2.58. The minimum Gasteiger partial charge on any atom is -1.00 e. The summed E-state index contributed by atoms with van der Waals surface area (Å²) in [4.78, 5) is 0. The van der Waals surface area contributed by atoms with Crippen LogP contribution >= 0.6 is 0 Å². The predicted octanol–water partition coefficient (Wildman–Crippen LogP) is 2.37. The van der Waals surface area contributed by atoms with Crippen LogP contribution in [0.3, 0.4) is 0 Å². The van der Waals surface area contributed by atoms with Crippen LogP contribution in [0.15, 0.2) is 12.4 Å². The van der Waals surface area contributed by atoms with E-state index in [0.717, 1.165) is 59.4 Å². The average Bonchev–Trinajstić information content (AvgIpc) is 2.95. The van der Waals surface area contributed by atoms with Gasteiger partial charge in [-0.3, -0.25) is 0 Å². The summed E-state index contributed by atoms with van der Waals surface area (Å²) in [6.45, 7) is 0. The first-order valence-corrected chi connectivity index (χ1v) is 12.5. The number of nitrogens with zero attached hydrogens (tertiary/aromatic N) is 2. The standard InChI is InChI=1S/C23H32N2.Au.ClH/c1-2-25(23-20-9-16-4-17(11-20)12-21(23)10-16)13-24(1)22-18-5-14-3-15(7-18)8-19(22)6-14;;/h1-2,14-23H,3-12H2;;1H/q;+1;/p-1. The van der Waals surface area contributed by atoms with Crippen molar-refractivity contribution in [2.24, 2.45) is 47.3 Å². The summed E-state index contributed by atoms with van der Waals surface area (Å²) >= 11 is 2.95. The molecule has 27 heavy (non-hydrogen) atoms. The first kappa shape index (κ1) is 18.0. The molecule has 0 radical (unpaired) electrons. The van der Waals surface area contributed by atoms with Gasteiger partial charge in [0.05, 0.1) is 0 Å². The van der Waals surface area contributed by atoms with E-state index in [1.165, 1.54) is 51.4 Å². The maximum absolute atomic E-state index is 2.95. The molecule has 0 atom stereocenters. The van der Waals surface area contributed by atoms with Crippen LogP contribution in [-0.4, -0.2) is 9.13 Å². The molecule has 0 unspecified atom stereocenters.